The SMILES string of the molecule is CCOC(=O)C1CCN(C(=O)CN(C)C(=O)C(N)CCSC)CC1. The van der Waals surface area contributed by atoms with Crippen LogP contribution in [-0.4, -0.2) is 78.9 Å². The predicted molar refractivity (Wildman–Crippen MR) is 94.5 cm³/mol. The quantitative estimate of drug-likeness (QED) is 0.628. The average Bonchev–Trinajstić information content (AvgIpc) is 2.59. The van der Waals surface area contributed by atoms with Gasteiger partial charge >= 0.3 is 5.97 Å². The summed E-state index contributed by atoms with van der Waals surface area (Å²) in [5.74, 6) is 0.185. The molecule has 0 aromatic carbocycles. The Bertz CT molecular complexity index is 439. The molecule has 1 fully saturated rings. The number of likely N-dealkylation sites (N-methyl/N-ethyl adjacent to an activating group) is 1. The largest absolute Gasteiger partial charge is 0.466 e. The van der Waals surface area contributed by atoms with Gasteiger partial charge < -0.3 is 20.3 Å². The van der Waals surface area contributed by atoms with Gasteiger partial charge in [-0.25, -0.2) is 0 Å². The van der Waals surface area contributed by atoms with E-state index in [1.807, 2.05) is 6.26 Å². The summed E-state index contributed by atoms with van der Waals surface area (Å²) in [5, 5.41) is 0. The molecule has 1 atom stereocenters. The molecule has 1 saturated heterocycles. The van der Waals surface area contributed by atoms with Crippen molar-refractivity contribution in [1.29, 1.82) is 0 Å². The summed E-state index contributed by atoms with van der Waals surface area (Å²) in [6, 6.07) is -0.565. The summed E-state index contributed by atoms with van der Waals surface area (Å²) in [4.78, 5) is 39.3. The van der Waals surface area contributed by atoms with Crippen LogP contribution in [0, 0.1) is 5.92 Å². The Morgan fingerprint density at radius 3 is 2.50 bits per heavy atom. The minimum atomic E-state index is -0.565. The lowest BCUT2D eigenvalue weighted by Crippen LogP contribution is -2.49. The van der Waals surface area contributed by atoms with Crippen LogP contribution in [0.2, 0.25) is 0 Å². The Labute approximate surface area is 148 Å². The summed E-state index contributed by atoms with van der Waals surface area (Å²) in [6.07, 6.45) is 3.78. The first-order valence-corrected chi connectivity index (χ1v) is 9.74. The number of nitrogens with two attached hydrogens (primary N) is 1. The van der Waals surface area contributed by atoms with Gasteiger partial charge in [0.15, 0.2) is 0 Å². The van der Waals surface area contributed by atoms with Gasteiger partial charge in [0.2, 0.25) is 11.8 Å². The van der Waals surface area contributed by atoms with Gasteiger partial charge in [-0.2, -0.15) is 11.8 Å². The lowest BCUT2D eigenvalue weighted by molar-refractivity contribution is -0.151. The molecule has 1 aliphatic rings. The van der Waals surface area contributed by atoms with Gasteiger partial charge in [-0.1, -0.05) is 0 Å². The van der Waals surface area contributed by atoms with Crippen LogP contribution in [0.15, 0.2) is 0 Å². The number of hydrogen-bond donors (Lipinski definition) is 1. The number of amides is 2. The average molecular weight is 359 g/mol. The van der Waals surface area contributed by atoms with Crippen LogP contribution >= 0.6 is 11.8 Å². The zero-order chi connectivity index (χ0) is 18.1. The molecule has 0 radical (unpaired) electrons. The van der Waals surface area contributed by atoms with E-state index in [-0.39, 0.29) is 30.2 Å². The number of likely N-dealkylation sites (tertiary alicyclic amines) is 1. The predicted octanol–water partition coefficient (Wildman–Crippen LogP) is 0.327. The molecule has 24 heavy (non-hydrogen) atoms. The first kappa shape index (κ1) is 20.8. The second-order valence-corrected chi connectivity index (χ2v) is 6.97. The molecule has 0 bridgehead atoms. The van der Waals surface area contributed by atoms with Crippen molar-refractivity contribution in [2.45, 2.75) is 32.2 Å². The molecule has 0 saturated carbocycles. The van der Waals surface area contributed by atoms with Crippen molar-refractivity contribution in [2.24, 2.45) is 11.7 Å². The highest BCUT2D eigenvalue weighted by Gasteiger charge is 2.29. The summed E-state index contributed by atoms with van der Waals surface area (Å²) in [7, 11) is 1.60. The molecule has 1 aliphatic heterocycles. The minimum absolute atomic E-state index is 0.0237. The monoisotopic (exact) mass is 359 g/mol. The fourth-order valence-corrected chi connectivity index (χ4v) is 3.15. The lowest BCUT2D eigenvalue weighted by atomic mass is 9.97. The van der Waals surface area contributed by atoms with E-state index in [2.05, 4.69) is 0 Å². The Balaban J connectivity index is 2.40. The second-order valence-electron chi connectivity index (χ2n) is 5.99. The molecule has 0 spiro atoms. The van der Waals surface area contributed by atoms with Gasteiger partial charge in [0, 0.05) is 20.1 Å². The van der Waals surface area contributed by atoms with E-state index in [1.54, 1.807) is 30.6 Å². The molecule has 2 amide bonds. The normalized spacial score (nSPS) is 16.6. The Kier molecular flexibility index (Phi) is 9.13. The van der Waals surface area contributed by atoms with Crippen LogP contribution in [0.3, 0.4) is 0 Å². The molecule has 8 heteroatoms. The Hall–Kier alpha value is -1.28. The van der Waals surface area contributed by atoms with Crippen LogP contribution in [0.5, 0.6) is 0 Å². The maximum Gasteiger partial charge on any atom is 0.309 e. The summed E-state index contributed by atoms with van der Waals surface area (Å²) < 4.78 is 5.02. The Morgan fingerprint density at radius 1 is 1.33 bits per heavy atom. The van der Waals surface area contributed by atoms with E-state index < -0.39 is 6.04 Å². The number of thioether (sulfide) groups is 1. The minimum Gasteiger partial charge on any atom is -0.466 e. The van der Waals surface area contributed by atoms with Crippen molar-refractivity contribution in [2.75, 3.05) is 45.3 Å². The number of carbonyl (C=O) groups is 3. The number of esters is 1. The number of nitrogens with zero attached hydrogens (tertiary/aromatic N) is 2. The van der Waals surface area contributed by atoms with E-state index in [9.17, 15) is 14.4 Å². The van der Waals surface area contributed by atoms with Gasteiger partial charge in [-0.15, -0.1) is 0 Å². The van der Waals surface area contributed by atoms with Crippen LogP contribution < -0.4 is 5.73 Å². The van der Waals surface area contributed by atoms with E-state index in [1.165, 1.54) is 4.90 Å². The highest BCUT2D eigenvalue weighted by atomic mass is 32.2. The third-order valence-corrected chi connectivity index (χ3v) is 4.81. The summed E-state index contributed by atoms with van der Waals surface area (Å²) in [5.41, 5.74) is 5.86. The van der Waals surface area contributed by atoms with Crippen molar-refractivity contribution in [3.8, 4) is 0 Å². The highest BCUT2D eigenvalue weighted by molar-refractivity contribution is 7.98. The number of ether oxygens (including phenoxy) is 1. The molecule has 1 rings (SSSR count). The topological polar surface area (TPSA) is 92.9 Å². The number of piperidine rings is 1. The van der Waals surface area contributed by atoms with Gasteiger partial charge in [0.25, 0.3) is 0 Å². The number of carbonyl (C=O) groups excluding carboxylic acids is 3. The maximum absolute atomic E-state index is 12.3. The molecule has 7 nitrogen and oxygen atoms in total. The molecule has 1 unspecified atom stereocenters. The maximum atomic E-state index is 12.3. The molecule has 138 valence electrons. The molecule has 0 aliphatic carbocycles. The van der Waals surface area contributed by atoms with Gasteiger partial charge in [0.1, 0.15) is 0 Å². The molecular weight excluding hydrogens is 330 g/mol. The summed E-state index contributed by atoms with van der Waals surface area (Å²) >= 11 is 1.64. The third kappa shape index (κ3) is 6.32. The van der Waals surface area contributed by atoms with Gasteiger partial charge in [0.05, 0.1) is 25.1 Å². The van der Waals surface area contributed by atoms with Crippen molar-refractivity contribution in [3.63, 3.8) is 0 Å². The molecule has 0 aromatic heterocycles. The van der Waals surface area contributed by atoms with Crippen molar-refractivity contribution >= 4 is 29.5 Å². The first-order valence-electron chi connectivity index (χ1n) is 8.34. The van der Waals surface area contributed by atoms with Gasteiger partial charge in [-0.05, 0) is 38.2 Å². The first-order chi connectivity index (χ1) is 11.4. The smallest absolute Gasteiger partial charge is 0.309 e. The molecule has 2 N–H and O–H groups in total. The van der Waals surface area contributed by atoms with Crippen molar-refractivity contribution < 1.29 is 19.1 Å². The number of rotatable bonds is 8. The van der Waals surface area contributed by atoms with Crippen LogP contribution in [0.25, 0.3) is 0 Å². The van der Waals surface area contributed by atoms with Crippen LogP contribution in [0.4, 0.5) is 0 Å². The van der Waals surface area contributed by atoms with E-state index in [0.29, 0.717) is 39.0 Å². The van der Waals surface area contributed by atoms with E-state index in [0.717, 1.165) is 5.75 Å². The molecule has 1 heterocycles. The summed E-state index contributed by atoms with van der Waals surface area (Å²) in [6.45, 7) is 3.22. The van der Waals surface area contributed by atoms with Crippen LogP contribution in [-0.2, 0) is 19.1 Å². The van der Waals surface area contributed by atoms with E-state index >= 15 is 0 Å². The standard InChI is InChI=1S/C16H29N3O4S/c1-4-23-16(22)12-5-8-19(9-6-12)14(20)11-18(2)15(21)13(17)7-10-24-3/h12-13H,4-11,17H2,1-3H3. The lowest BCUT2D eigenvalue weighted by Gasteiger charge is -2.32. The number of hydrogen-bond acceptors (Lipinski definition) is 6. The highest BCUT2D eigenvalue weighted by Crippen LogP contribution is 2.19. The zero-order valence-electron chi connectivity index (χ0n) is 14.8. The van der Waals surface area contributed by atoms with Crippen molar-refractivity contribution in [1.82, 2.24) is 9.80 Å². The second kappa shape index (κ2) is 10.6. The zero-order valence-corrected chi connectivity index (χ0v) is 15.6. The van der Waals surface area contributed by atoms with Gasteiger partial charge in [-0.3, -0.25) is 14.4 Å². The Morgan fingerprint density at radius 2 is 1.96 bits per heavy atom. The van der Waals surface area contributed by atoms with Crippen molar-refractivity contribution in [3.05, 3.63) is 0 Å². The molecule has 0 aromatic rings. The van der Waals surface area contributed by atoms with E-state index in [4.69, 9.17) is 10.5 Å². The third-order valence-electron chi connectivity index (χ3n) is 4.17. The fraction of sp³-hybridized carbons (Fsp3) is 0.812. The molecular formula is C16H29N3O4S. The fourth-order valence-electron chi connectivity index (χ4n) is 2.66. The van der Waals surface area contributed by atoms with Crippen LogP contribution in [0.1, 0.15) is 26.2 Å².